The zero-order chi connectivity index (χ0) is 23.6. The van der Waals surface area contributed by atoms with Crippen molar-refractivity contribution in [2.45, 2.75) is 50.5 Å². The van der Waals surface area contributed by atoms with E-state index < -0.39 is 30.7 Å². The summed E-state index contributed by atoms with van der Waals surface area (Å²) in [5.41, 5.74) is 3.07. The largest absolute Gasteiger partial charge is 0.387 e. The molecule has 0 spiro atoms. The fourth-order valence-electron chi connectivity index (χ4n) is 4.00. The van der Waals surface area contributed by atoms with Crippen molar-refractivity contribution in [2.24, 2.45) is 0 Å². The van der Waals surface area contributed by atoms with Gasteiger partial charge in [0.25, 0.3) is 0 Å². The number of ether oxygens (including phenoxy) is 5. The Kier molecular flexibility index (Phi) is 9.21. The molecule has 4 rings (SSSR count). The second-order valence-corrected chi connectivity index (χ2v) is 8.29. The van der Waals surface area contributed by atoms with Crippen LogP contribution >= 0.6 is 0 Å². The van der Waals surface area contributed by atoms with Gasteiger partial charge < -0.3 is 28.8 Å². The summed E-state index contributed by atoms with van der Waals surface area (Å²) in [6.07, 6.45) is -3.60. The van der Waals surface area contributed by atoms with E-state index in [1.54, 1.807) is 7.11 Å². The average Bonchev–Trinajstić information content (AvgIpc) is 2.89. The van der Waals surface area contributed by atoms with Crippen molar-refractivity contribution in [1.29, 1.82) is 0 Å². The number of aliphatic hydroxyl groups is 1. The molecule has 0 saturated carbocycles. The van der Waals surface area contributed by atoms with Gasteiger partial charge in [-0.25, -0.2) is 0 Å². The lowest BCUT2D eigenvalue weighted by Crippen LogP contribution is -2.60. The van der Waals surface area contributed by atoms with Crippen LogP contribution in [0.1, 0.15) is 16.7 Å². The van der Waals surface area contributed by atoms with Crippen LogP contribution in [-0.2, 0) is 43.5 Å². The topological polar surface area (TPSA) is 66.4 Å². The predicted molar refractivity (Wildman–Crippen MR) is 128 cm³/mol. The Morgan fingerprint density at radius 1 is 0.676 bits per heavy atom. The van der Waals surface area contributed by atoms with E-state index in [-0.39, 0.29) is 6.61 Å². The Bertz CT molecular complexity index is 950. The highest BCUT2D eigenvalue weighted by Crippen LogP contribution is 2.28. The molecule has 6 nitrogen and oxygen atoms in total. The van der Waals surface area contributed by atoms with Gasteiger partial charge >= 0.3 is 0 Å². The van der Waals surface area contributed by atoms with Crippen LogP contribution in [0, 0.1) is 0 Å². The van der Waals surface area contributed by atoms with Gasteiger partial charge in [0.15, 0.2) is 6.29 Å². The van der Waals surface area contributed by atoms with Gasteiger partial charge in [-0.05, 0) is 16.7 Å². The van der Waals surface area contributed by atoms with Gasteiger partial charge in [-0.2, -0.15) is 0 Å². The van der Waals surface area contributed by atoms with Crippen molar-refractivity contribution in [2.75, 3.05) is 13.7 Å². The van der Waals surface area contributed by atoms with Gasteiger partial charge in [0.05, 0.1) is 26.4 Å². The molecule has 34 heavy (non-hydrogen) atoms. The van der Waals surface area contributed by atoms with Crippen LogP contribution in [0.4, 0.5) is 0 Å². The molecule has 1 saturated heterocycles. The van der Waals surface area contributed by atoms with E-state index in [2.05, 4.69) is 0 Å². The molecular formula is C28H32O6. The third kappa shape index (κ3) is 6.73. The quantitative estimate of drug-likeness (QED) is 0.461. The molecule has 1 aliphatic heterocycles. The summed E-state index contributed by atoms with van der Waals surface area (Å²) in [6.45, 7) is 1.35. The Morgan fingerprint density at radius 2 is 1.15 bits per heavy atom. The summed E-state index contributed by atoms with van der Waals surface area (Å²) in [7, 11) is 1.54. The van der Waals surface area contributed by atoms with Gasteiger partial charge in [-0.3, -0.25) is 0 Å². The first-order chi connectivity index (χ1) is 16.7. The van der Waals surface area contributed by atoms with Crippen molar-refractivity contribution in [3.63, 3.8) is 0 Å². The maximum atomic E-state index is 11.3. The highest BCUT2D eigenvalue weighted by molar-refractivity contribution is 5.15. The molecule has 180 valence electrons. The molecule has 0 aromatic heterocycles. The monoisotopic (exact) mass is 464 g/mol. The number of methoxy groups -OCH3 is 1. The third-order valence-electron chi connectivity index (χ3n) is 5.81. The zero-order valence-corrected chi connectivity index (χ0v) is 19.4. The van der Waals surface area contributed by atoms with Crippen LogP contribution in [0.2, 0.25) is 0 Å². The van der Waals surface area contributed by atoms with E-state index in [4.69, 9.17) is 23.7 Å². The molecule has 6 heteroatoms. The molecule has 0 amide bonds. The number of aliphatic hydroxyl groups excluding tert-OH is 1. The normalized spacial score (nSPS) is 24.7. The summed E-state index contributed by atoms with van der Waals surface area (Å²) in [5.74, 6) is 0. The molecular weight excluding hydrogens is 432 g/mol. The molecule has 0 bridgehead atoms. The van der Waals surface area contributed by atoms with Crippen molar-refractivity contribution in [3.05, 3.63) is 108 Å². The Hall–Kier alpha value is -2.58. The lowest BCUT2D eigenvalue weighted by atomic mass is 9.98. The number of hydrogen-bond donors (Lipinski definition) is 1. The van der Waals surface area contributed by atoms with Gasteiger partial charge in [-0.15, -0.1) is 0 Å². The Morgan fingerprint density at radius 3 is 1.65 bits per heavy atom. The summed E-state index contributed by atoms with van der Waals surface area (Å²) < 4.78 is 29.9. The molecule has 1 heterocycles. The summed E-state index contributed by atoms with van der Waals surface area (Å²) in [4.78, 5) is 0. The fourth-order valence-corrected chi connectivity index (χ4v) is 4.00. The van der Waals surface area contributed by atoms with E-state index in [0.29, 0.717) is 19.8 Å². The molecule has 1 aliphatic rings. The van der Waals surface area contributed by atoms with Gasteiger partial charge in [0, 0.05) is 7.11 Å². The number of hydrogen-bond acceptors (Lipinski definition) is 6. The predicted octanol–water partition coefficient (Wildman–Crippen LogP) is 4.11. The van der Waals surface area contributed by atoms with Crippen molar-refractivity contribution < 1.29 is 28.8 Å². The van der Waals surface area contributed by atoms with Crippen molar-refractivity contribution in [1.82, 2.24) is 0 Å². The lowest BCUT2D eigenvalue weighted by Gasteiger charge is -2.43. The Labute approximate surface area is 201 Å². The molecule has 1 N–H and O–H groups in total. The van der Waals surface area contributed by atoms with Crippen LogP contribution < -0.4 is 0 Å². The number of rotatable bonds is 11. The molecule has 3 aromatic rings. The number of benzene rings is 3. The first kappa shape index (κ1) is 24.5. The van der Waals surface area contributed by atoms with Crippen LogP contribution in [0.15, 0.2) is 91.0 Å². The smallest absolute Gasteiger partial charge is 0.186 e. The third-order valence-corrected chi connectivity index (χ3v) is 5.81. The maximum absolute atomic E-state index is 11.3. The van der Waals surface area contributed by atoms with E-state index in [1.165, 1.54) is 0 Å². The summed E-state index contributed by atoms with van der Waals surface area (Å²) in [6, 6.07) is 29.6. The molecule has 0 radical (unpaired) electrons. The van der Waals surface area contributed by atoms with Crippen LogP contribution in [0.25, 0.3) is 0 Å². The lowest BCUT2D eigenvalue weighted by molar-refractivity contribution is -0.315. The first-order valence-electron chi connectivity index (χ1n) is 11.5. The maximum Gasteiger partial charge on any atom is 0.186 e. The van der Waals surface area contributed by atoms with Crippen LogP contribution in [-0.4, -0.2) is 49.5 Å². The Balaban J connectivity index is 1.44. The standard InChI is InChI=1S/C28H32O6/c1-30-28-27(33-19-23-15-9-4-10-16-23)25(29)26(32-18-22-13-7-3-8-14-22)24(34-28)20-31-17-21-11-5-2-6-12-21/h2-16,24-29H,17-20H2,1H3/t24-,25-,26+,27-,28+/m1/s1. The second kappa shape index (κ2) is 12.8. The van der Waals surface area contributed by atoms with E-state index in [0.717, 1.165) is 16.7 Å². The fraction of sp³-hybridized carbons (Fsp3) is 0.357. The highest BCUT2D eigenvalue weighted by Gasteiger charge is 2.47. The second-order valence-electron chi connectivity index (χ2n) is 8.29. The molecule has 1 fully saturated rings. The first-order valence-corrected chi connectivity index (χ1v) is 11.5. The SMILES string of the molecule is CO[C@H]1O[C@H](COCc2ccccc2)[C@H](OCc2ccccc2)[C@@H](O)[C@H]1OCc1ccccc1. The highest BCUT2D eigenvalue weighted by atomic mass is 16.7. The van der Waals surface area contributed by atoms with E-state index in [9.17, 15) is 5.11 Å². The van der Waals surface area contributed by atoms with E-state index >= 15 is 0 Å². The minimum atomic E-state index is -0.962. The minimum absolute atomic E-state index is 0.247. The van der Waals surface area contributed by atoms with Gasteiger partial charge in [-0.1, -0.05) is 91.0 Å². The molecule has 0 unspecified atom stereocenters. The minimum Gasteiger partial charge on any atom is -0.387 e. The summed E-state index contributed by atoms with van der Waals surface area (Å²) in [5, 5.41) is 11.3. The van der Waals surface area contributed by atoms with E-state index in [1.807, 2.05) is 91.0 Å². The van der Waals surface area contributed by atoms with Crippen molar-refractivity contribution in [3.8, 4) is 0 Å². The van der Waals surface area contributed by atoms with Gasteiger partial charge in [0.1, 0.15) is 24.4 Å². The molecule has 5 atom stereocenters. The van der Waals surface area contributed by atoms with Gasteiger partial charge in [0.2, 0.25) is 0 Å². The summed E-state index contributed by atoms with van der Waals surface area (Å²) >= 11 is 0. The average molecular weight is 465 g/mol. The molecule has 3 aromatic carbocycles. The van der Waals surface area contributed by atoms with Crippen LogP contribution in [0.5, 0.6) is 0 Å². The van der Waals surface area contributed by atoms with Crippen molar-refractivity contribution >= 4 is 0 Å². The molecule has 0 aliphatic carbocycles. The van der Waals surface area contributed by atoms with Crippen LogP contribution in [0.3, 0.4) is 0 Å². The zero-order valence-electron chi connectivity index (χ0n) is 19.4.